The maximum absolute atomic E-state index is 12.2. The molecule has 21 heavy (non-hydrogen) atoms. The summed E-state index contributed by atoms with van der Waals surface area (Å²) in [7, 11) is 0. The topological polar surface area (TPSA) is 72.2 Å². The number of aliphatic carboxylic acids is 1. The highest BCUT2D eigenvalue weighted by Gasteiger charge is 2.26. The number of para-hydroxylation sites is 1. The second kappa shape index (κ2) is 5.91. The third-order valence-corrected chi connectivity index (χ3v) is 3.19. The fraction of sp³-hybridized carbons (Fsp3) is 0.312. The summed E-state index contributed by atoms with van der Waals surface area (Å²) < 4.78 is 1.64. The first kappa shape index (κ1) is 15.0. The Bertz CT molecular complexity index is 645. The smallest absolute Gasteiger partial charge is 0.303 e. The third-order valence-electron chi connectivity index (χ3n) is 3.19. The van der Waals surface area contributed by atoms with Crippen LogP contribution in [0, 0.1) is 5.41 Å². The molecule has 110 valence electrons. The number of hydrogen-bond donors (Lipinski definition) is 1. The van der Waals surface area contributed by atoms with Gasteiger partial charge >= 0.3 is 5.97 Å². The Hall–Kier alpha value is -2.43. The summed E-state index contributed by atoms with van der Waals surface area (Å²) in [5.74, 6) is -0.990. The Balaban J connectivity index is 2.11. The molecule has 0 saturated carbocycles. The first-order valence-corrected chi connectivity index (χ1v) is 6.72. The van der Waals surface area contributed by atoms with E-state index in [1.54, 1.807) is 24.7 Å². The monoisotopic (exact) mass is 286 g/mol. The normalized spacial score (nSPS) is 11.3. The molecule has 0 aliphatic carbocycles. The summed E-state index contributed by atoms with van der Waals surface area (Å²) >= 11 is 0. The maximum Gasteiger partial charge on any atom is 0.303 e. The quantitative estimate of drug-likeness (QED) is 0.829. The fourth-order valence-electron chi connectivity index (χ4n) is 2.20. The number of carbonyl (C=O) groups is 2. The molecule has 0 amide bonds. The number of aromatic nitrogens is 2. The van der Waals surface area contributed by atoms with Crippen molar-refractivity contribution in [1.82, 2.24) is 9.78 Å². The van der Waals surface area contributed by atoms with Crippen LogP contribution in [0.1, 0.15) is 37.0 Å². The molecule has 0 bridgehead atoms. The van der Waals surface area contributed by atoms with Crippen molar-refractivity contribution in [3.63, 3.8) is 0 Å². The molecule has 2 rings (SSSR count). The number of rotatable bonds is 6. The number of carbonyl (C=O) groups excluding carboxylic acids is 1. The van der Waals surface area contributed by atoms with Crippen LogP contribution in [0.2, 0.25) is 0 Å². The van der Waals surface area contributed by atoms with Crippen LogP contribution < -0.4 is 0 Å². The highest BCUT2D eigenvalue weighted by Crippen LogP contribution is 2.27. The van der Waals surface area contributed by atoms with Crippen LogP contribution in [0.3, 0.4) is 0 Å². The highest BCUT2D eigenvalue weighted by atomic mass is 16.4. The molecule has 0 spiro atoms. The predicted octanol–water partition coefficient (Wildman–Crippen LogP) is 2.95. The third kappa shape index (κ3) is 4.02. The SMILES string of the molecule is CC(C)(CC(=O)O)CC(=O)c1cnn(-c2ccccc2)c1. The second-order valence-corrected chi connectivity index (χ2v) is 5.84. The van der Waals surface area contributed by atoms with Gasteiger partial charge in [-0.15, -0.1) is 0 Å². The number of nitrogens with zero attached hydrogens (tertiary/aromatic N) is 2. The van der Waals surface area contributed by atoms with Gasteiger partial charge in [-0.2, -0.15) is 5.10 Å². The number of carboxylic acid groups (broad SMARTS) is 1. The van der Waals surface area contributed by atoms with E-state index < -0.39 is 11.4 Å². The van der Waals surface area contributed by atoms with Crippen molar-refractivity contribution < 1.29 is 14.7 Å². The average Bonchev–Trinajstić information content (AvgIpc) is 2.87. The lowest BCUT2D eigenvalue weighted by atomic mass is 9.83. The van der Waals surface area contributed by atoms with Crippen LogP contribution in [0.15, 0.2) is 42.7 Å². The van der Waals surface area contributed by atoms with E-state index in [0.717, 1.165) is 5.69 Å². The van der Waals surface area contributed by atoms with Crippen molar-refractivity contribution in [2.45, 2.75) is 26.7 Å². The Morgan fingerprint density at radius 1 is 1.19 bits per heavy atom. The number of carboxylic acids is 1. The molecule has 5 heteroatoms. The fourth-order valence-corrected chi connectivity index (χ4v) is 2.20. The standard InChI is InChI=1S/C16H18N2O3/c1-16(2,9-15(20)21)8-14(19)12-10-17-18(11-12)13-6-4-3-5-7-13/h3-7,10-11H,8-9H2,1-2H3,(H,20,21). The van der Waals surface area contributed by atoms with Crippen molar-refractivity contribution >= 4 is 11.8 Å². The molecule has 0 atom stereocenters. The van der Waals surface area contributed by atoms with Crippen LogP contribution in [-0.4, -0.2) is 26.6 Å². The van der Waals surface area contributed by atoms with Crippen LogP contribution >= 0.6 is 0 Å². The predicted molar refractivity (Wildman–Crippen MR) is 78.5 cm³/mol. The van der Waals surface area contributed by atoms with E-state index in [0.29, 0.717) is 5.56 Å². The van der Waals surface area contributed by atoms with Gasteiger partial charge in [-0.25, -0.2) is 4.68 Å². The van der Waals surface area contributed by atoms with E-state index in [-0.39, 0.29) is 18.6 Å². The van der Waals surface area contributed by atoms with Gasteiger partial charge in [-0.1, -0.05) is 32.0 Å². The lowest BCUT2D eigenvalue weighted by Crippen LogP contribution is -2.20. The summed E-state index contributed by atoms with van der Waals surface area (Å²) in [6, 6.07) is 9.50. The Morgan fingerprint density at radius 3 is 2.48 bits per heavy atom. The van der Waals surface area contributed by atoms with Crippen LogP contribution in [0.4, 0.5) is 0 Å². The zero-order valence-corrected chi connectivity index (χ0v) is 12.1. The van der Waals surface area contributed by atoms with Crippen LogP contribution in [0.5, 0.6) is 0 Å². The minimum Gasteiger partial charge on any atom is -0.481 e. The van der Waals surface area contributed by atoms with Gasteiger partial charge < -0.3 is 5.11 Å². The molecule has 2 aromatic rings. The molecule has 1 N–H and O–H groups in total. The molecule has 0 aliphatic heterocycles. The molecule has 1 aromatic carbocycles. The molecule has 5 nitrogen and oxygen atoms in total. The lowest BCUT2D eigenvalue weighted by molar-refractivity contribution is -0.139. The van der Waals surface area contributed by atoms with Gasteiger partial charge in [-0.05, 0) is 17.5 Å². The summed E-state index contributed by atoms with van der Waals surface area (Å²) in [6.07, 6.45) is 3.34. The van der Waals surface area contributed by atoms with Gasteiger partial charge in [0.15, 0.2) is 5.78 Å². The molecule has 1 aromatic heterocycles. The van der Waals surface area contributed by atoms with E-state index >= 15 is 0 Å². The van der Waals surface area contributed by atoms with E-state index in [2.05, 4.69) is 5.10 Å². The Labute approximate surface area is 123 Å². The van der Waals surface area contributed by atoms with Gasteiger partial charge in [0.2, 0.25) is 0 Å². The molecule has 0 aliphatic rings. The largest absolute Gasteiger partial charge is 0.481 e. The van der Waals surface area contributed by atoms with E-state index in [1.807, 2.05) is 30.3 Å². The highest BCUT2D eigenvalue weighted by molar-refractivity contribution is 5.96. The van der Waals surface area contributed by atoms with Crippen molar-refractivity contribution in [1.29, 1.82) is 0 Å². The molecular formula is C16H18N2O3. The zero-order valence-electron chi connectivity index (χ0n) is 12.1. The summed E-state index contributed by atoms with van der Waals surface area (Å²) in [5, 5.41) is 13.0. The minimum absolute atomic E-state index is 0.0361. The molecule has 0 fully saturated rings. The first-order valence-electron chi connectivity index (χ1n) is 6.72. The van der Waals surface area contributed by atoms with Gasteiger partial charge in [0.05, 0.1) is 23.9 Å². The van der Waals surface area contributed by atoms with Crippen LogP contribution in [0.25, 0.3) is 5.69 Å². The van der Waals surface area contributed by atoms with Gasteiger partial charge in [0.1, 0.15) is 0 Å². The summed E-state index contributed by atoms with van der Waals surface area (Å²) in [4.78, 5) is 23.0. The summed E-state index contributed by atoms with van der Waals surface area (Å²) in [6.45, 7) is 3.56. The minimum atomic E-state index is -0.896. The Kier molecular flexibility index (Phi) is 4.21. The summed E-state index contributed by atoms with van der Waals surface area (Å²) in [5.41, 5.74) is 0.802. The Morgan fingerprint density at radius 2 is 1.86 bits per heavy atom. The maximum atomic E-state index is 12.2. The molecule has 1 heterocycles. The lowest BCUT2D eigenvalue weighted by Gasteiger charge is -2.20. The number of benzene rings is 1. The van der Waals surface area contributed by atoms with E-state index in [1.165, 1.54) is 6.20 Å². The number of Topliss-reactive ketones (excluding diaryl/α,β-unsaturated/α-hetero) is 1. The van der Waals surface area contributed by atoms with Crippen molar-refractivity contribution in [2.24, 2.45) is 5.41 Å². The first-order chi connectivity index (χ1) is 9.87. The molecule has 0 saturated heterocycles. The molecular weight excluding hydrogens is 268 g/mol. The molecule has 0 unspecified atom stereocenters. The van der Waals surface area contributed by atoms with Gasteiger partial charge in [0, 0.05) is 12.6 Å². The van der Waals surface area contributed by atoms with Crippen molar-refractivity contribution in [3.05, 3.63) is 48.3 Å². The number of hydrogen-bond acceptors (Lipinski definition) is 3. The second-order valence-electron chi connectivity index (χ2n) is 5.84. The van der Waals surface area contributed by atoms with E-state index in [4.69, 9.17) is 5.11 Å². The van der Waals surface area contributed by atoms with Crippen molar-refractivity contribution in [2.75, 3.05) is 0 Å². The zero-order chi connectivity index (χ0) is 15.5. The average molecular weight is 286 g/mol. The van der Waals surface area contributed by atoms with Crippen LogP contribution in [-0.2, 0) is 4.79 Å². The van der Waals surface area contributed by atoms with E-state index in [9.17, 15) is 9.59 Å². The van der Waals surface area contributed by atoms with Gasteiger partial charge in [0.25, 0.3) is 0 Å². The molecule has 0 radical (unpaired) electrons. The van der Waals surface area contributed by atoms with Gasteiger partial charge in [-0.3, -0.25) is 9.59 Å². The van der Waals surface area contributed by atoms with Crippen molar-refractivity contribution in [3.8, 4) is 5.69 Å². The number of ketones is 1.